The molecule has 1 spiro atoms. The van der Waals surface area contributed by atoms with E-state index in [0.29, 0.717) is 30.0 Å². The number of nitrogens with two attached hydrogens (primary N) is 1. The van der Waals surface area contributed by atoms with E-state index in [1.807, 2.05) is 13.8 Å². The maximum Gasteiger partial charge on any atom is 0.340 e. The molecule has 2 aromatic rings. The topological polar surface area (TPSA) is 104 Å². The van der Waals surface area contributed by atoms with Crippen molar-refractivity contribution in [3.8, 4) is 5.75 Å². The number of anilines is 1. The Bertz CT molecular complexity index is 1180. The first-order chi connectivity index (χ1) is 14.3. The van der Waals surface area contributed by atoms with Crippen molar-refractivity contribution in [3.05, 3.63) is 69.0 Å². The average Bonchev–Trinajstić information content (AvgIpc) is 2.96. The van der Waals surface area contributed by atoms with Crippen molar-refractivity contribution in [3.63, 3.8) is 0 Å². The molecule has 0 unspecified atom stereocenters. The molecule has 2 aliphatic rings. The molecule has 1 atom stereocenters. The van der Waals surface area contributed by atoms with Gasteiger partial charge in [0, 0.05) is 36.1 Å². The first-order valence-corrected chi connectivity index (χ1v) is 9.77. The Hall–Kier alpha value is -3.55. The molecule has 2 N–H and O–H groups in total. The van der Waals surface area contributed by atoms with Gasteiger partial charge in [-0.15, -0.1) is 0 Å². The molecule has 2 aliphatic heterocycles. The van der Waals surface area contributed by atoms with E-state index in [-0.39, 0.29) is 22.8 Å². The summed E-state index contributed by atoms with van der Waals surface area (Å²) in [5.41, 5.74) is 5.74. The normalized spacial score (nSPS) is 19.6. The Morgan fingerprint density at radius 2 is 1.90 bits per heavy atom. The summed E-state index contributed by atoms with van der Waals surface area (Å²) in [6.45, 7) is 6.20. The van der Waals surface area contributed by atoms with Gasteiger partial charge < -0.3 is 24.7 Å². The van der Waals surface area contributed by atoms with Crippen molar-refractivity contribution in [1.82, 2.24) is 4.57 Å². The van der Waals surface area contributed by atoms with Crippen molar-refractivity contribution >= 4 is 17.6 Å². The van der Waals surface area contributed by atoms with Crippen molar-refractivity contribution < 1.29 is 19.1 Å². The molecular weight excluding hydrogens is 386 g/mol. The van der Waals surface area contributed by atoms with E-state index in [1.54, 1.807) is 46.7 Å². The zero-order valence-electron chi connectivity index (χ0n) is 17.3. The molecular formula is C22H23N3O5. The van der Waals surface area contributed by atoms with Gasteiger partial charge in [0.1, 0.15) is 16.7 Å². The Labute approximate surface area is 173 Å². The molecule has 1 aromatic carbocycles. The maximum absolute atomic E-state index is 14.0. The summed E-state index contributed by atoms with van der Waals surface area (Å²) in [7, 11) is 1.20. The van der Waals surface area contributed by atoms with Crippen LogP contribution in [0.25, 0.3) is 0 Å². The summed E-state index contributed by atoms with van der Waals surface area (Å²) in [6.07, 6.45) is 0. The van der Waals surface area contributed by atoms with Gasteiger partial charge in [-0.1, -0.05) is 18.2 Å². The molecule has 0 saturated heterocycles. The van der Waals surface area contributed by atoms with Crippen LogP contribution in [0, 0.1) is 6.92 Å². The number of esters is 1. The second-order valence-corrected chi connectivity index (χ2v) is 7.22. The number of likely N-dealkylation sites (N-methyl/N-ethyl adjacent to an activating group) is 1. The van der Waals surface area contributed by atoms with Gasteiger partial charge in [-0.05, 0) is 26.8 Å². The monoisotopic (exact) mass is 409 g/mol. The first-order valence-electron chi connectivity index (χ1n) is 9.77. The lowest BCUT2D eigenvalue weighted by atomic mass is 9.68. The Kier molecular flexibility index (Phi) is 4.45. The second kappa shape index (κ2) is 6.76. The molecule has 1 aromatic heterocycles. The van der Waals surface area contributed by atoms with Gasteiger partial charge in [0.15, 0.2) is 0 Å². The summed E-state index contributed by atoms with van der Waals surface area (Å²) in [6, 6.07) is 8.77. The molecule has 8 heteroatoms. The van der Waals surface area contributed by atoms with Crippen LogP contribution in [0.15, 0.2) is 46.6 Å². The lowest BCUT2D eigenvalue weighted by Crippen LogP contribution is -2.52. The number of carbonyl (C=O) groups excluding carboxylic acids is 2. The summed E-state index contributed by atoms with van der Waals surface area (Å²) < 4.78 is 12.2. The largest absolute Gasteiger partial charge is 0.465 e. The lowest BCUT2D eigenvalue weighted by molar-refractivity contribution is -0.138. The fourth-order valence-electron chi connectivity index (χ4n) is 4.64. The van der Waals surface area contributed by atoms with Crippen LogP contribution in [0.1, 0.15) is 30.7 Å². The SMILES string of the molecule is CCN1C(=O)[C@@]2(C(C(=O)OC)=C(N)Oc3cc(C)n(CC)c(=O)c32)c2ccccc21. The molecule has 3 heterocycles. The third-order valence-electron chi connectivity index (χ3n) is 5.87. The number of benzene rings is 1. The van der Waals surface area contributed by atoms with Crippen LogP contribution in [0.2, 0.25) is 0 Å². The van der Waals surface area contributed by atoms with Crippen LogP contribution < -0.4 is 20.9 Å². The Morgan fingerprint density at radius 1 is 1.20 bits per heavy atom. The zero-order valence-corrected chi connectivity index (χ0v) is 17.3. The van der Waals surface area contributed by atoms with Gasteiger partial charge >= 0.3 is 5.97 Å². The molecule has 0 bridgehead atoms. The molecule has 1 amide bonds. The number of aromatic nitrogens is 1. The maximum atomic E-state index is 14.0. The highest BCUT2D eigenvalue weighted by Gasteiger charge is 2.62. The second-order valence-electron chi connectivity index (χ2n) is 7.22. The first kappa shape index (κ1) is 19.8. The molecule has 156 valence electrons. The van der Waals surface area contributed by atoms with Crippen LogP contribution in [0.5, 0.6) is 5.75 Å². The predicted octanol–water partition coefficient (Wildman–Crippen LogP) is 1.56. The summed E-state index contributed by atoms with van der Waals surface area (Å²) in [4.78, 5) is 42.1. The van der Waals surface area contributed by atoms with Gasteiger partial charge in [0.25, 0.3) is 5.56 Å². The molecule has 8 nitrogen and oxygen atoms in total. The number of rotatable bonds is 3. The molecule has 30 heavy (non-hydrogen) atoms. The van der Waals surface area contributed by atoms with Crippen LogP contribution in [-0.4, -0.2) is 30.1 Å². The number of aryl methyl sites for hydroxylation is 1. The van der Waals surface area contributed by atoms with Crippen molar-refractivity contribution in [1.29, 1.82) is 0 Å². The van der Waals surface area contributed by atoms with Gasteiger partial charge in [0.2, 0.25) is 11.8 Å². The molecule has 0 aliphatic carbocycles. The third-order valence-corrected chi connectivity index (χ3v) is 5.87. The summed E-state index contributed by atoms with van der Waals surface area (Å²) in [5, 5.41) is 0. The smallest absolute Gasteiger partial charge is 0.340 e. The highest BCUT2D eigenvalue weighted by molar-refractivity contribution is 6.18. The average molecular weight is 409 g/mol. The molecule has 4 rings (SSSR count). The van der Waals surface area contributed by atoms with Gasteiger partial charge in [-0.3, -0.25) is 9.59 Å². The van der Waals surface area contributed by atoms with Crippen LogP contribution in [0.3, 0.4) is 0 Å². The van der Waals surface area contributed by atoms with Crippen molar-refractivity contribution in [2.45, 2.75) is 32.7 Å². The van der Waals surface area contributed by atoms with Gasteiger partial charge in [0.05, 0.1) is 12.7 Å². The van der Waals surface area contributed by atoms with Crippen molar-refractivity contribution in [2.24, 2.45) is 5.73 Å². The van der Waals surface area contributed by atoms with Crippen LogP contribution >= 0.6 is 0 Å². The van der Waals surface area contributed by atoms with Crippen LogP contribution in [0.4, 0.5) is 5.69 Å². The third kappa shape index (κ3) is 2.24. The molecule has 0 fully saturated rings. The van der Waals surface area contributed by atoms with E-state index in [1.165, 1.54) is 7.11 Å². The predicted molar refractivity (Wildman–Crippen MR) is 110 cm³/mol. The highest BCUT2D eigenvalue weighted by atomic mass is 16.5. The number of amides is 1. The highest BCUT2D eigenvalue weighted by Crippen LogP contribution is 2.54. The zero-order chi connectivity index (χ0) is 21.8. The molecule has 0 radical (unpaired) electrons. The van der Waals surface area contributed by atoms with E-state index in [4.69, 9.17) is 15.2 Å². The van der Waals surface area contributed by atoms with Gasteiger partial charge in [-0.25, -0.2) is 4.79 Å². The number of hydrogen-bond acceptors (Lipinski definition) is 6. The number of fused-ring (bicyclic) bond motifs is 4. The number of ether oxygens (including phenoxy) is 2. The Morgan fingerprint density at radius 3 is 2.53 bits per heavy atom. The Balaban J connectivity index is 2.24. The van der Waals surface area contributed by atoms with Gasteiger partial charge in [-0.2, -0.15) is 0 Å². The molecule has 0 saturated carbocycles. The number of nitrogens with zero attached hydrogens (tertiary/aromatic N) is 2. The number of carbonyl (C=O) groups is 2. The number of pyridine rings is 1. The number of para-hydroxylation sites is 1. The quantitative estimate of drug-likeness (QED) is 0.772. The van der Waals surface area contributed by atoms with Crippen LogP contribution in [-0.2, 0) is 26.3 Å². The minimum atomic E-state index is -1.74. The minimum absolute atomic E-state index is 0.0814. The standard InChI is InChI=1S/C22H23N3O5/c1-5-24-12(3)11-15-16(19(24)26)22(17(18(23)30-15)20(27)29-4)13-9-7-8-10-14(13)25(6-2)21(22)28/h7-11H,5-6,23H2,1-4H3/t22-/m0/s1. The van der Waals surface area contributed by atoms with E-state index >= 15 is 0 Å². The fraction of sp³-hybridized carbons (Fsp3) is 0.318. The van der Waals surface area contributed by atoms with E-state index in [9.17, 15) is 14.4 Å². The number of hydrogen-bond donors (Lipinski definition) is 1. The minimum Gasteiger partial charge on any atom is -0.465 e. The van der Waals surface area contributed by atoms with E-state index in [2.05, 4.69) is 0 Å². The van der Waals surface area contributed by atoms with E-state index < -0.39 is 22.9 Å². The van der Waals surface area contributed by atoms with Crippen molar-refractivity contribution in [2.75, 3.05) is 18.6 Å². The lowest BCUT2D eigenvalue weighted by Gasteiger charge is -2.35. The fourth-order valence-corrected chi connectivity index (χ4v) is 4.64. The van der Waals surface area contributed by atoms with E-state index in [0.717, 1.165) is 0 Å². The number of methoxy groups -OCH3 is 1. The summed E-state index contributed by atoms with van der Waals surface area (Å²) in [5.74, 6) is -1.32. The summed E-state index contributed by atoms with van der Waals surface area (Å²) >= 11 is 0.